The van der Waals surface area contributed by atoms with E-state index in [2.05, 4.69) is 289 Å². The summed E-state index contributed by atoms with van der Waals surface area (Å²) in [5, 5.41) is 5.06. The number of fused-ring (bicyclic) bond motifs is 16. The van der Waals surface area contributed by atoms with Crippen LogP contribution in [0.1, 0.15) is 44.5 Å². The van der Waals surface area contributed by atoms with Gasteiger partial charge >= 0.3 is 0 Å². The average Bonchev–Trinajstić information content (AvgIpc) is 4.13. The minimum absolute atomic E-state index is 0.541. The Hall–Kier alpha value is -9.50. The lowest BCUT2D eigenvalue weighted by Gasteiger charge is -2.39. The molecule has 0 bridgehead atoms. The largest absolute Gasteiger partial charge is 0.310 e. The molecular weight excluding hydrogens is 893 g/mol. The molecule has 2 heteroatoms. The molecule has 1 atom stereocenters. The molecule has 1 aliphatic heterocycles. The monoisotopic (exact) mass is 938 g/mol. The summed E-state index contributed by atoms with van der Waals surface area (Å²) >= 11 is 0. The molecule has 2 heterocycles. The van der Waals surface area contributed by atoms with Crippen LogP contribution in [0.2, 0.25) is 0 Å². The van der Waals surface area contributed by atoms with E-state index >= 15 is 0 Å². The number of hydrogen-bond donors (Lipinski definition) is 0. The van der Waals surface area contributed by atoms with Gasteiger partial charge in [-0.25, -0.2) is 0 Å². The van der Waals surface area contributed by atoms with Gasteiger partial charge in [0.05, 0.1) is 27.6 Å². The predicted molar refractivity (Wildman–Crippen MR) is 307 cm³/mol. The van der Waals surface area contributed by atoms with Gasteiger partial charge in [-0.3, -0.25) is 0 Å². The first-order valence-electron chi connectivity index (χ1n) is 25.8. The van der Waals surface area contributed by atoms with Crippen molar-refractivity contribution in [1.29, 1.82) is 0 Å². The first-order chi connectivity index (χ1) is 36.7. The Morgan fingerprint density at radius 2 is 0.797 bits per heavy atom. The van der Waals surface area contributed by atoms with Crippen molar-refractivity contribution in [2.45, 2.75) is 10.8 Å². The number of para-hydroxylation sites is 3. The molecule has 0 N–H and O–H groups in total. The lowest BCUT2D eigenvalue weighted by Crippen LogP contribution is -2.33. The molecule has 0 saturated heterocycles. The maximum Gasteiger partial charge on any atom is 0.0754 e. The highest BCUT2D eigenvalue weighted by Crippen LogP contribution is 2.62. The van der Waals surface area contributed by atoms with Gasteiger partial charge in [0.2, 0.25) is 0 Å². The molecule has 1 unspecified atom stereocenters. The van der Waals surface area contributed by atoms with Crippen LogP contribution in [0.5, 0.6) is 0 Å². The molecule has 1 aromatic heterocycles. The highest BCUT2D eigenvalue weighted by molar-refractivity contribution is 6.13. The fourth-order valence-electron chi connectivity index (χ4n) is 14.0. The Bertz CT molecular complexity index is 4390. The second-order valence-corrected chi connectivity index (χ2v) is 20.3. The lowest BCUT2D eigenvalue weighted by molar-refractivity contribution is 0.748. The van der Waals surface area contributed by atoms with Crippen LogP contribution in [0.25, 0.3) is 71.6 Å². The Morgan fingerprint density at radius 1 is 0.284 bits per heavy atom. The van der Waals surface area contributed by atoms with Gasteiger partial charge in [-0.2, -0.15) is 0 Å². The fourth-order valence-corrected chi connectivity index (χ4v) is 14.0. The minimum Gasteiger partial charge on any atom is -0.310 e. The first kappa shape index (κ1) is 41.2. The summed E-state index contributed by atoms with van der Waals surface area (Å²) in [4.78, 5) is 2.50. The Kier molecular flexibility index (Phi) is 8.62. The minimum atomic E-state index is -0.546. The summed E-state index contributed by atoms with van der Waals surface area (Å²) in [6.07, 6.45) is 0. The lowest BCUT2D eigenvalue weighted by atomic mass is 9.65. The van der Waals surface area contributed by atoms with E-state index in [0.717, 1.165) is 17.1 Å². The van der Waals surface area contributed by atoms with Gasteiger partial charge in [0.1, 0.15) is 0 Å². The van der Waals surface area contributed by atoms with E-state index in [9.17, 15) is 0 Å². The van der Waals surface area contributed by atoms with Crippen molar-refractivity contribution in [3.05, 3.63) is 324 Å². The van der Waals surface area contributed by atoms with E-state index in [-0.39, 0.29) is 0 Å². The first-order valence-corrected chi connectivity index (χ1v) is 25.8. The summed E-state index contributed by atoms with van der Waals surface area (Å²) in [5.74, 6) is 0. The van der Waals surface area contributed by atoms with Crippen LogP contribution in [0, 0.1) is 0 Å². The number of hydrogen-bond acceptors (Lipinski definition) is 1. The highest BCUT2D eigenvalue weighted by Gasteiger charge is 2.51. The summed E-state index contributed by atoms with van der Waals surface area (Å²) in [6.45, 7) is 0. The zero-order chi connectivity index (χ0) is 48.5. The molecule has 0 saturated carbocycles. The summed E-state index contributed by atoms with van der Waals surface area (Å²) in [6, 6.07) is 105. The van der Waals surface area contributed by atoms with Crippen LogP contribution in [-0.2, 0) is 10.8 Å². The number of anilines is 3. The van der Waals surface area contributed by atoms with E-state index in [1.54, 1.807) is 0 Å². The van der Waals surface area contributed by atoms with Gasteiger partial charge in [-0.15, -0.1) is 0 Å². The SMILES string of the molecule is c1ccc(C2(c3ccccc3)c3ccccc3-c3ccc(N(c4ccc(-c5cccc6ccccc56)cc4)c4ccc5c(c4)-c4ccccc4C54c5ccccc5-n5c6ccccc6c6cccc4c65)cc32)cc1. The average molecular weight is 939 g/mol. The van der Waals surface area contributed by atoms with Crippen LogP contribution >= 0.6 is 0 Å². The van der Waals surface area contributed by atoms with Crippen molar-refractivity contribution in [2.75, 3.05) is 4.90 Å². The van der Waals surface area contributed by atoms with Crippen molar-refractivity contribution in [2.24, 2.45) is 0 Å². The predicted octanol–water partition coefficient (Wildman–Crippen LogP) is 18.1. The van der Waals surface area contributed by atoms with Crippen LogP contribution in [0.15, 0.2) is 279 Å². The molecule has 74 heavy (non-hydrogen) atoms. The van der Waals surface area contributed by atoms with Gasteiger partial charge in [0.25, 0.3) is 0 Å². The topological polar surface area (TPSA) is 8.17 Å². The molecule has 344 valence electrons. The highest BCUT2D eigenvalue weighted by atomic mass is 15.1. The summed E-state index contributed by atoms with van der Waals surface area (Å²) in [7, 11) is 0. The molecule has 0 amide bonds. The fraction of sp³-hybridized carbons (Fsp3) is 0.0278. The third-order valence-electron chi connectivity index (χ3n) is 16.9. The third-order valence-corrected chi connectivity index (χ3v) is 16.9. The van der Waals surface area contributed by atoms with Gasteiger partial charge in [0.15, 0.2) is 0 Å². The van der Waals surface area contributed by atoms with Gasteiger partial charge in [-0.05, 0) is 137 Å². The Balaban J connectivity index is 0.951. The van der Waals surface area contributed by atoms with Crippen LogP contribution in [0.3, 0.4) is 0 Å². The Labute approximate surface area is 430 Å². The van der Waals surface area contributed by atoms with E-state index in [1.165, 1.54) is 116 Å². The summed E-state index contributed by atoms with van der Waals surface area (Å²) < 4.78 is 2.52. The number of nitrogens with zero attached hydrogens (tertiary/aromatic N) is 2. The maximum absolute atomic E-state index is 2.52. The second-order valence-electron chi connectivity index (χ2n) is 20.3. The number of aromatic nitrogens is 1. The molecule has 2 nitrogen and oxygen atoms in total. The van der Waals surface area contributed by atoms with Crippen molar-refractivity contribution >= 4 is 49.6 Å². The third kappa shape index (κ3) is 5.39. The standard InChI is InChI=1S/C72H46N2/c1-3-21-49(22-4-1)71(50-23-5-2-6-24-50)62-31-12-9-26-56(62)58-43-41-53(46-67(58)71)73(51-39-37-48(38-40-51)55-29-17-20-47-19-7-8-25-54(47)55)52-42-44-64-61(45-52)57-27-10-13-32-63(57)72(64)65-33-14-16-36-69(65)74-68-35-15-11-28-59(68)60-30-18-34-66(72)70(60)74/h1-46H. The molecular formula is C72H46N2. The zero-order valence-electron chi connectivity index (χ0n) is 40.5. The molecule has 1 spiro atoms. The van der Waals surface area contributed by atoms with Crippen LogP contribution in [0.4, 0.5) is 17.1 Å². The molecule has 13 aromatic rings. The van der Waals surface area contributed by atoms with Crippen molar-refractivity contribution in [3.8, 4) is 39.1 Å². The molecule has 0 fully saturated rings. The maximum atomic E-state index is 2.52. The van der Waals surface area contributed by atoms with Crippen molar-refractivity contribution in [1.82, 2.24) is 4.57 Å². The van der Waals surface area contributed by atoms with Crippen LogP contribution in [-0.4, -0.2) is 4.57 Å². The normalized spacial score (nSPS) is 15.2. The second kappa shape index (κ2) is 15.5. The van der Waals surface area contributed by atoms with Gasteiger partial charge in [0, 0.05) is 27.8 Å². The molecule has 0 radical (unpaired) electrons. The van der Waals surface area contributed by atoms with Crippen molar-refractivity contribution < 1.29 is 0 Å². The Morgan fingerprint density at radius 3 is 1.58 bits per heavy atom. The van der Waals surface area contributed by atoms with E-state index in [0.29, 0.717) is 0 Å². The van der Waals surface area contributed by atoms with Crippen LogP contribution < -0.4 is 4.90 Å². The molecule has 2 aliphatic carbocycles. The molecule has 16 rings (SSSR count). The quantitative estimate of drug-likeness (QED) is 0.161. The van der Waals surface area contributed by atoms with Gasteiger partial charge < -0.3 is 9.47 Å². The molecule has 12 aromatic carbocycles. The van der Waals surface area contributed by atoms with E-state index in [1.807, 2.05) is 0 Å². The molecule has 3 aliphatic rings. The zero-order valence-corrected chi connectivity index (χ0v) is 40.5. The summed E-state index contributed by atoms with van der Waals surface area (Å²) in [5.41, 5.74) is 23.8. The number of benzene rings is 12. The van der Waals surface area contributed by atoms with Crippen molar-refractivity contribution in [3.63, 3.8) is 0 Å². The smallest absolute Gasteiger partial charge is 0.0754 e. The van der Waals surface area contributed by atoms with Gasteiger partial charge in [-0.1, -0.05) is 231 Å². The van der Waals surface area contributed by atoms with E-state index < -0.39 is 10.8 Å². The number of rotatable bonds is 6. The van der Waals surface area contributed by atoms with E-state index in [4.69, 9.17) is 0 Å².